The van der Waals surface area contributed by atoms with Gasteiger partial charge in [-0.3, -0.25) is 0 Å². The van der Waals surface area contributed by atoms with Gasteiger partial charge in [-0.25, -0.2) is 0 Å². The second kappa shape index (κ2) is 9.50. The van der Waals surface area contributed by atoms with Gasteiger partial charge in [0.2, 0.25) is 0 Å². The zero-order valence-electron chi connectivity index (χ0n) is 3.59. The van der Waals surface area contributed by atoms with E-state index in [1.165, 1.54) is 0 Å². The Morgan fingerprint density at radius 1 is 1.67 bits per heavy atom. The number of methoxy groups -OCH3 is 1. The first-order valence-electron chi connectivity index (χ1n) is 1.51. The molecule has 0 heterocycles. The number of rotatable bonds is 2. The van der Waals surface area contributed by atoms with Crippen LogP contribution in [0.4, 0.5) is 0 Å². The Morgan fingerprint density at radius 3 is 2.17 bits per heavy atom. The van der Waals surface area contributed by atoms with Crippen molar-refractivity contribution in [3.63, 3.8) is 0 Å². The molecular weight excluding hydrogens is 231 g/mol. The third kappa shape index (κ3) is 8.95. The van der Waals surface area contributed by atoms with Crippen LogP contribution in [-0.4, -0.2) is 25.4 Å². The Balaban J connectivity index is 0. The van der Waals surface area contributed by atoms with Crippen molar-refractivity contribution in [3.05, 3.63) is 0 Å². The zero-order valence-corrected chi connectivity index (χ0v) is 5.61. The molecule has 0 atom stereocenters. The number of hydrogen-bond acceptors (Lipinski definition) is 2. The molecule has 0 fully saturated rings. The van der Waals surface area contributed by atoms with E-state index >= 15 is 0 Å². The van der Waals surface area contributed by atoms with Crippen LogP contribution in [0.1, 0.15) is 0 Å². The van der Waals surface area contributed by atoms with E-state index in [-0.39, 0.29) is 44.8 Å². The first kappa shape index (κ1) is 10.2. The van der Waals surface area contributed by atoms with Crippen LogP contribution in [0.25, 0.3) is 0 Å². The summed E-state index contributed by atoms with van der Waals surface area (Å²) in [5, 5.41) is 7.94. The molecular formula is C3H8DyO2. The summed E-state index contributed by atoms with van der Waals surface area (Å²) in [5.41, 5.74) is 0. The molecule has 0 unspecified atom stereocenters. The summed E-state index contributed by atoms with van der Waals surface area (Å²) in [6, 6.07) is 0. The molecule has 6 heavy (non-hydrogen) atoms. The molecule has 0 aromatic rings. The average molecular weight is 239 g/mol. The van der Waals surface area contributed by atoms with Gasteiger partial charge in [0.15, 0.2) is 0 Å². The number of hydrogen-bond donors (Lipinski definition) is 1. The van der Waals surface area contributed by atoms with Crippen LogP contribution in [0.15, 0.2) is 0 Å². The Labute approximate surface area is 67.9 Å². The molecule has 42 valence electrons. The minimum Gasteiger partial charge on any atom is -0.394 e. The summed E-state index contributed by atoms with van der Waals surface area (Å²) < 4.78 is 4.44. The van der Waals surface area contributed by atoms with Gasteiger partial charge in [0.25, 0.3) is 0 Å². The fraction of sp³-hybridized carbons (Fsp3) is 1.00. The molecule has 0 aliphatic heterocycles. The van der Waals surface area contributed by atoms with Gasteiger partial charge in [0.1, 0.15) is 0 Å². The molecule has 0 aromatic carbocycles. The number of aliphatic hydroxyl groups excluding tert-OH is 1. The van der Waals surface area contributed by atoms with E-state index < -0.39 is 0 Å². The van der Waals surface area contributed by atoms with Crippen LogP contribution in [0.2, 0.25) is 0 Å². The van der Waals surface area contributed by atoms with Crippen molar-refractivity contribution in [2.45, 2.75) is 0 Å². The maximum atomic E-state index is 7.94. The van der Waals surface area contributed by atoms with E-state index in [1.54, 1.807) is 7.11 Å². The summed E-state index contributed by atoms with van der Waals surface area (Å²) in [4.78, 5) is 0. The first-order valence-corrected chi connectivity index (χ1v) is 1.51. The maximum Gasteiger partial charge on any atom is 0.0693 e. The van der Waals surface area contributed by atoms with Crippen LogP contribution >= 0.6 is 0 Å². The summed E-state index contributed by atoms with van der Waals surface area (Å²) in [6.45, 7) is 0.566. The van der Waals surface area contributed by atoms with Gasteiger partial charge in [0.05, 0.1) is 13.2 Å². The van der Waals surface area contributed by atoms with Crippen LogP contribution in [0, 0.1) is 38.2 Å². The van der Waals surface area contributed by atoms with Crippen LogP contribution in [0.5, 0.6) is 0 Å². The number of aliphatic hydroxyl groups is 1. The fourth-order valence-corrected chi connectivity index (χ4v) is 0.0913. The molecule has 0 bridgehead atoms. The number of ether oxygens (including phenoxy) is 1. The Kier molecular flexibility index (Phi) is 16.2. The van der Waals surface area contributed by atoms with E-state index in [4.69, 9.17) is 5.11 Å². The molecule has 0 aromatic heterocycles. The predicted octanol–water partition coefficient (Wildman–Crippen LogP) is -0.375. The van der Waals surface area contributed by atoms with Crippen LogP contribution < -0.4 is 0 Å². The topological polar surface area (TPSA) is 29.5 Å². The molecule has 3 heteroatoms. The van der Waals surface area contributed by atoms with E-state index in [1.807, 2.05) is 0 Å². The second-order valence-electron chi connectivity index (χ2n) is 0.716. The molecule has 0 amide bonds. The molecule has 0 rings (SSSR count). The maximum absolute atomic E-state index is 7.94. The van der Waals surface area contributed by atoms with E-state index in [2.05, 4.69) is 4.74 Å². The Bertz CT molecular complexity index is 16.3. The minimum atomic E-state index is 0. The van der Waals surface area contributed by atoms with E-state index in [0.29, 0.717) is 6.61 Å². The summed E-state index contributed by atoms with van der Waals surface area (Å²) in [7, 11) is 1.55. The van der Waals surface area contributed by atoms with Gasteiger partial charge in [-0.1, -0.05) is 0 Å². The molecule has 0 spiro atoms. The van der Waals surface area contributed by atoms with Crippen molar-refractivity contribution >= 4 is 0 Å². The normalized spacial score (nSPS) is 7.00. The average Bonchev–Trinajstić information content (AvgIpc) is 1.41. The molecule has 0 radical (unpaired) electrons. The molecule has 0 saturated heterocycles. The van der Waals surface area contributed by atoms with Gasteiger partial charge >= 0.3 is 0 Å². The van der Waals surface area contributed by atoms with Crippen molar-refractivity contribution in [1.29, 1.82) is 0 Å². The van der Waals surface area contributed by atoms with Crippen molar-refractivity contribution in [2.75, 3.05) is 20.3 Å². The van der Waals surface area contributed by atoms with Gasteiger partial charge in [-0.15, -0.1) is 0 Å². The largest absolute Gasteiger partial charge is 0.394 e. The Morgan fingerprint density at radius 2 is 2.17 bits per heavy atom. The Hall–Kier alpha value is 1.19. The molecule has 1 N–H and O–H groups in total. The summed E-state index contributed by atoms with van der Waals surface area (Å²) in [5.74, 6) is 0. The van der Waals surface area contributed by atoms with Gasteiger partial charge in [-0.05, 0) is 0 Å². The third-order valence-electron chi connectivity index (χ3n) is 0.295. The zero-order chi connectivity index (χ0) is 4.12. The first-order chi connectivity index (χ1) is 2.41. The van der Waals surface area contributed by atoms with Crippen molar-refractivity contribution in [3.8, 4) is 0 Å². The van der Waals surface area contributed by atoms with Gasteiger partial charge in [-0.2, -0.15) is 0 Å². The fourth-order valence-electron chi connectivity index (χ4n) is 0.0913. The molecule has 2 nitrogen and oxygen atoms in total. The second-order valence-corrected chi connectivity index (χ2v) is 0.716. The molecule has 0 aliphatic rings. The molecule has 0 aliphatic carbocycles. The van der Waals surface area contributed by atoms with Crippen LogP contribution in [-0.2, 0) is 4.74 Å². The molecule has 0 saturated carbocycles. The van der Waals surface area contributed by atoms with Crippen molar-refractivity contribution < 1.29 is 48.0 Å². The quantitative estimate of drug-likeness (QED) is 0.711. The van der Waals surface area contributed by atoms with Crippen molar-refractivity contribution in [1.82, 2.24) is 0 Å². The summed E-state index contributed by atoms with van der Waals surface area (Å²) >= 11 is 0. The van der Waals surface area contributed by atoms with E-state index in [0.717, 1.165) is 0 Å². The van der Waals surface area contributed by atoms with Gasteiger partial charge in [0, 0.05) is 45.3 Å². The smallest absolute Gasteiger partial charge is 0.0693 e. The summed E-state index contributed by atoms with van der Waals surface area (Å²) in [6.07, 6.45) is 0. The van der Waals surface area contributed by atoms with E-state index in [9.17, 15) is 0 Å². The van der Waals surface area contributed by atoms with Gasteiger partial charge < -0.3 is 9.84 Å². The third-order valence-corrected chi connectivity index (χ3v) is 0.295. The van der Waals surface area contributed by atoms with Crippen LogP contribution in [0.3, 0.4) is 0 Å². The van der Waals surface area contributed by atoms with Crippen molar-refractivity contribution in [2.24, 2.45) is 0 Å². The minimum absolute atomic E-state index is 0. The SMILES string of the molecule is COCCO.[Dy]. The monoisotopic (exact) mass is 240 g/mol. The standard InChI is InChI=1S/C3H8O2.Dy/c1-5-3-2-4;/h4H,2-3H2,1H3;. The predicted molar refractivity (Wildman–Crippen MR) is 19.0 cm³/mol.